The second-order valence-corrected chi connectivity index (χ2v) is 8.71. The van der Waals surface area contributed by atoms with Crippen LogP contribution in [0.15, 0.2) is 53.9 Å². The highest BCUT2D eigenvalue weighted by molar-refractivity contribution is 7.13. The van der Waals surface area contributed by atoms with Crippen LogP contribution in [0.5, 0.6) is 5.75 Å². The van der Waals surface area contributed by atoms with Gasteiger partial charge in [-0.2, -0.15) is 0 Å². The Morgan fingerprint density at radius 1 is 1.13 bits per heavy atom. The summed E-state index contributed by atoms with van der Waals surface area (Å²) >= 11 is 1.55. The first kappa shape index (κ1) is 21.1. The van der Waals surface area contributed by atoms with Crippen LogP contribution in [-0.2, 0) is 16.0 Å². The van der Waals surface area contributed by atoms with Gasteiger partial charge in [0.15, 0.2) is 0 Å². The molecule has 2 amide bonds. The average molecular weight is 436 g/mol. The Balaban J connectivity index is 1.29. The molecule has 1 aliphatic rings. The molecule has 1 aromatic heterocycles. The molecule has 1 fully saturated rings. The smallest absolute Gasteiger partial charge is 0.228 e. The lowest BCUT2D eigenvalue weighted by Crippen LogP contribution is -2.42. The SMILES string of the molecule is Cc1ccc(-c2nc(CC(=O)N3CCC(C(=O)Nc4ccccc4O)CC3)cs2)cc1. The van der Waals surface area contributed by atoms with Crippen molar-refractivity contribution < 1.29 is 14.7 Å². The van der Waals surface area contributed by atoms with Gasteiger partial charge in [0.25, 0.3) is 0 Å². The number of amides is 2. The molecule has 0 saturated carbocycles. The predicted octanol–water partition coefficient (Wildman–Crippen LogP) is 4.24. The van der Waals surface area contributed by atoms with E-state index in [0.717, 1.165) is 16.3 Å². The molecule has 4 rings (SSSR count). The zero-order valence-electron chi connectivity index (χ0n) is 17.4. The van der Waals surface area contributed by atoms with Crippen molar-refractivity contribution in [2.45, 2.75) is 26.2 Å². The molecule has 7 heteroatoms. The van der Waals surface area contributed by atoms with E-state index in [4.69, 9.17) is 0 Å². The third kappa shape index (κ3) is 5.11. The van der Waals surface area contributed by atoms with E-state index in [1.165, 1.54) is 5.56 Å². The molecule has 1 aliphatic heterocycles. The van der Waals surface area contributed by atoms with Crippen LogP contribution in [0.2, 0.25) is 0 Å². The molecular formula is C24H25N3O3S. The van der Waals surface area contributed by atoms with Gasteiger partial charge in [-0.3, -0.25) is 9.59 Å². The van der Waals surface area contributed by atoms with Crippen molar-refractivity contribution in [1.29, 1.82) is 0 Å². The number of thiazole rings is 1. The second-order valence-electron chi connectivity index (χ2n) is 7.85. The normalized spacial score (nSPS) is 14.4. The summed E-state index contributed by atoms with van der Waals surface area (Å²) < 4.78 is 0. The van der Waals surface area contributed by atoms with Gasteiger partial charge in [0.1, 0.15) is 10.8 Å². The number of phenolic OH excluding ortho intramolecular Hbond substituents is 1. The number of phenols is 1. The highest BCUT2D eigenvalue weighted by Crippen LogP contribution is 2.26. The highest BCUT2D eigenvalue weighted by Gasteiger charge is 2.28. The van der Waals surface area contributed by atoms with Crippen molar-refractivity contribution in [3.63, 3.8) is 0 Å². The lowest BCUT2D eigenvalue weighted by molar-refractivity contribution is -0.133. The number of piperidine rings is 1. The van der Waals surface area contributed by atoms with Crippen LogP contribution in [-0.4, -0.2) is 39.9 Å². The fraction of sp³-hybridized carbons (Fsp3) is 0.292. The van der Waals surface area contributed by atoms with E-state index < -0.39 is 0 Å². The maximum Gasteiger partial charge on any atom is 0.228 e. The molecule has 2 heterocycles. The van der Waals surface area contributed by atoms with Crippen molar-refractivity contribution in [2.75, 3.05) is 18.4 Å². The summed E-state index contributed by atoms with van der Waals surface area (Å²) in [5, 5.41) is 15.5. The zero-order chi connectivity index (χ0) is 21.8. The van der Waals surface area contributed by atoms with Crippen LogP contribution in [0, 0.1) is 12.8 Å². The van der Waals surface area contributed by atoms with Gasteiger partial charge in [-0.25, -0.2) is 4.98 Å². The number of nitrogens with zero attached hydrogens (tertiary/aromatic N) is 2. The van der Waals surface area contributed by atoms with E-state index in [1.807, 2.05) is 29.3 Å². The number of aromatic nitrogens is 1. The fourth-order valence-corrected chi connectivity index (χ4v) is 4.51. The first-order valence-corrected chi connectivity index (χ1v) is 11.3. The van der Waals surface area contributed by atoms with Crippen LogP contribution in [0.3, 0.4) is 0 Å². The van der Waals surface area contributed by atoms with Gasteiger partial charge in [-0.1, -0.05) is 42.0 Å². The molecule has 0 bridgehead atoms. The summed E-state index contributed by atoms with van der Waals surface area (Å²) in [7, 11) is 0. The van der Waals surface area contributed by atoms with Crippen LogP contribution < -0.4 is 5.32 Å². The first-order valence-electron chi connectivity index (χ1n) is 10.4. The Hall–Kier alpha value is -3.19. The van der Waals surface area contributed by atoms with Gasteiger partial charge in [0, 0.05) is 30.0 Å². The van der Waals surface area contributed by atoms with Crippen LogP contribution in [0.1, 0.15) is 24.1 Å². The Labute approximate surface area is 185 Å². The molecular weight excluding hydrogens is 410 g/mol. The maximum absolute atomic E-state index is 12.7. The fourth-order valence-electron chi connectivity index (χ4n) is 3.69. The largest absolute Gasteiger partial charge is 0.506 e. The minimum Gasteiger partial charge on any atom is -0.506 e. The van der Waals surface area contributed by atoms with Crippen LogP contribution in [0.25, 0.3) is 10.6 Å². The summed E-state index contributed by atoms with van der Waals surface area (Å²) in [5.41, 5.74) is 3.46. The molecule has 0 unspecified atom stereocenters. The van der Waals surface area contributed by atoms with E-state index in [0.29, 0.717) is 31.6 Å². The number of anilines is 1. The van der Waals surface area contributed by atoms with E-state index in [2.05, 4.69) is 22.4 Å². The summed E-state index contributed by atoms with van der Waals surface area (Å²) in [6, 6.07) is 14.9. The molecule has 0 aliphatic carbocycles. The molecule has 3 aromatic rings. The van der Waals surface area contributed by atoms with E-state index in [1.54, 1.807) is 35.6 Å². The van der Waals surface area contributed by atoms with Gasteiger partial charge in [-0.15, -0.1) is 11.3 Å². The van der Waals surface area contributed by atoms with Gasteiger partial charge in [0.05, 0.1) is 17.8 Å². The van der Waals surface area contributed by atoms with Gasteiger partial charge in [0.2, 0.25) is 11.8 Å². The van der Waals surface area contributed by atoms with E-state index in [9.17, 15) is 14.7 Å². The number of rotatable bonds is 5. The van der Waals surface area contributed by atoms with Gasteiger partial charge >= 0.3 is 0 Å². The molecule has 1 saturated heterocycles. The Morgan fingerprint density at radius 3 is 2.55 bits per heavy atom. The van der Waals surface area contributed by atoms with Crippen molar-refractivity contribution in [1.82, 2.24) is 9.88 Å². The molecule has 0 atom stereocenters. The third-order valence-electron chi connectivity index (χ3n) is 5.56. The minimum atomic E-state index is -0.170. The second kappa shape index (κ2) is 9.31. The summed E-state index contributed by atoms with van der Waals surface area (Å²) in [6.07, 6.45) is 1.49. The maximum atomic E-state index is 12.7. The number of aryl methyl sites for hydroxylation is 1. The number of aromatic hydroxyl groups is 1. The number of hydrogen-bond donors (Lipinski definition) is 2. The van der Waals surface area contributed by atoms with Crippen molar-refractivity contribution in [3.05, 3.63) is 65.2 Å². The number of nitrogens with one attached hydrogen (secondary N) is 1. The number of hydrogen-bond acceptors (Lipinski definition) is 5. The molecule has 0 radical (unpaired) electrons. The number of carbonyl (C=O) groups is 2. The monoisotopic (exact) mass is 435 g/mol. The summed E-state index contributed by atoms with van der Waals surface area (Å²) in [5.74, 6) is -0.191. The Morgan fingerprint density at radius 2 is 1.84 bits per heavy atom. The lowest BCUT2D eigenvalue weighted by atomic mass is 9.95. The Kier molecular flexibility index (Phi) is 6.32. The molecule has 160 valence electrons. The zero-order valence-corrected chi connectivity index (χ0v) is 18.2. The third-order valence-corrected chi connectivity index (χ3v) is 6.50. The minimum absolute atomic E-state index is 0.0420. The molecule has 31 heavy (non-hydrogen) atoms. The quantitative estimate of drug-likeness (QED) is 0.587. The highest BCUT2D eigenvalue weighted by atomic mass is 32.1. The first-order chi connectivity index (χ1) is 15.0. The lowest BCUT2D eigenvalue weighted by Gasteiger charge is -2.31. The molecule has 2 N–H and O–H groups in total. The number of carbonyl (C=O) groups excluding carboxylic acids is 2. The number of benzene rings is 2. The molecule has 2 aromatic carbocycles. The summed E-state index contributed by atoms with van der Waals surface area (Å²) in [6.45, 7) is 3.15. The standard InChI is InChI=1S/C24H25N3O3S/c1-16-6-8-18(9-7-16)24-25-19(15-31-24)14-22(29)27-12-10-17(11-13-27)23(30)26-20-4-2-3-5-21(20)28/h2-9,15,17,28H,10-14H2,1H3,(H,26,30). The average Bonchev–Trinajstić information content (AvgIpc) is 3.24. The van der Waals surface area contributed by atoms with E-state index >= 15 is 0 Å². The van der Waals surface area contributed by atoms with Crippen LogP contribution >= 0.6 is 11.3 Å². The van der Waals surface area contributed by atoms with Crippen molar-refractivity contribution >= 4 is 28.8 Å². The summed E-state index contributed by atoms with van der Waals surface area (Å²) in [4.78, 5) is 31.7. The van der Waals surface area contributed by atoms with Crippen LogP contribution in [0.4, 0.5) is 5.69 Å². The number of likely N-dealkylation sites (tertiary alicyclic amines) is 1. The number of para-hydroxylation sites is 2. The predicted molar refractivity (Wildman–Crippen MR) is 122 cm³/mol. The van der Waals surface area contributed by atoms with Crippen molar-refractivity contribution in [2.24, 2.45) is 5.92 Å². The Bertz CT molecular complexity index is 1070. The van der Waals surface area contributed by atoms with E-state index in [-0.39, 0.29) is 29.9 Å². The molecule has 6 nitrogen and oxygen atoms in total. The van der Waals surface area contributed by atoms with Gasteiger partial charge in [-0.05, 0) is 31.9 Å². The molecule has 0 spiro atoms. The van der Waals surface area contributed by atoms with Crippen molar-refractivity contribution in [3.8, 4) is 16.3 Å². The van der Waals surface area contributed by atoms with Gasteiger partial charge < -0.3 is 15.3 Å². The topological polar surface area (TPSA) is 82.5 Å².